The first-order valence-corrected chi connectivity index (χ1v) is 4.57. The van der Waals surface area contributed by atoms with Crippen molar-refractivity contribution in [1.29, 1.82) is 0 Å². The summed E-state index contributed by atoms with van der Waals surface area (Å²) in [5, 5.41) is 0. The molecule has 1 aliphatic carbocycles. The van der Waals surface area contributed by atoms with Gasteiger partial charge >= 0.3 is 5.97 Å². The molecule has 0 aliphatic heterocycles. The monoisotopic (exact) mass is 195 g/mol. The highest BCUT2D eigenvalue weighted by Crippen LogP contribution is 2.38. The first-order chi connectivity index (χ1) is 6.65. The second-order valence-corrected chi connectivity index (χ2v) is 3.49. The number of carbonyl (C=O) groups is 1. The fraction of sp³-hybridized carbons (Fsp3) is 0.556. The maximum absolute atomic E-state index is 11.4. The summed E-state index contributed by atoms with van der Waals surface area (Å²) in [5.41, 5.74) is 6.05. The fourth-order valence-corrected chi connectivity index (χ4v) is 1.65. The second-order valence-electron chi connectivity index (χ2n) is 3.49. The van der Waals surface area contributed by atoms with Crippen molar-refractivity contribution >= 4 is 11.8 Å². The standard InChI is InChI=1S/C9H13N3O2/c1-5-11-8(10)7(9(13)14-2)12(5)6-3-4-6/h6H,3-4,10H2,1-2H3. The number of rotatable bonds is 2. The van der Waals surface area contributed by atoms with Crippen LogP contribution in [0.5, 0.6) is 0 Å². The Morgan fingerprint density at radius 2 is 2.29 bits per heavy atom. The van der Waals surface area contributed by atoms with Crippen LogP contribution in [0, 0.1) is 6.92 Å². The zero-order chi connectivity index (χ0) is 10.3. The van der Waals surface area contributed by atoms with E-state index < -0.39 is 5.97 Å². The minimum Gasteiger partial charge on any atom is -0.464 e. The van der Waals surface area contributed by atoms with Gasteiger partial charge in [-0.25, -0.2) is 9.78 Å². The van der Waals surface area contributed by atoms with E-state index in [1.54, 1.807) is 0 Å². The maximum atomic E-state index is 11.4. The Morgan fingerprint density at radius 3 is 2.79 bits per heavy atom. The third-order valence-electron chi connectivity index (χ3n) is 2.41. The highest BCUT2D eigenvalue weighted by molar-refractivity contribution is 5.92. The van der Waals surface area contributed by atoms with Gasteiger partial charge in [-0.3, -0.25) is 0 Å². The van der Waals surface area contributed by atoms with E-state index >= 15 is 0 Å². The van der Waals surface area contributed by atoms with E-state index in [4.69, 9.17) is 5.73 Å². The molecule has 2 N–H and O–H groups in total. The van der Waals surface area contributed by atoms with Crippen molar-refractivity contribution < 1.29 is 9.53 Å². The minimum atomic E-state index is -0.407. The van der Waals surface area contributed by atoms with Gasteiger partial charge in [-0.2, -0.15) is 0 Å². The number of carbonyl (C=O) groups excluding carboxylic acids is 1. The molecule has 0 saturated heterocycles. The average Bonchev–Trinajstić information content (AvgIpc) is 2.91. The number of nitrogens with zero attached hydrogens (tertiary/aromatic N) is 2. The van der Waals surface area contributed by atoms with Crippen molar-refractivity contribution in [1.82, 2.24) is 9.55 Å². The zero-order valence-corrected chi connectivity index (χ0v) is 8.28. The Labute approximate surface area is 81.9 Å². The number of aryl methyl sites for hydroxylation is 1. The van der Waals surface area contributed by atoms with Crippen LogP contribution in [0.15, 0.2) is 0 Å². The highest BCUT2D eigenvalue weighted by atomic mass is 16.5. The number of hydrogen-bond acceptors (Lipinski definition) is 4. The van der Waals surface area contributed by atoms with Crippen molar-refractivity contribution in [2.75, 3.05) is 12.8 Å². The van der Waals surface area contributed by atoms with Gasteiger partial charge in [-0.15, -0.1) is 0 Å². The number of hydrogen-bond donors (Lipinski definition) is 1. The molecule has 0 unspecified atom stereocenters. The number of aromatic nitrogens is 2. The Balaban J connectivity index is 2.49. The maximum Gasteiger partial charge on any atom is 0.358 e. The topological polar surface area (TPSA) is 70.1 Å². The van der Waals surface area contributed by atoms with Crippen LogP contribution in [0.3, 0.4) is 0 Å². The van der Waals surface area contributed by atoms with Crippen molar-refractivity contribution in [3.63, 3.8) is 0 Å². The molecule has 0 aromatic carbocycles. The van der Waals surface area contributed by atoms with Crippen LogP contribution in [0.1, 0.15) is 35.2 Å². The van der Waals surface area contributed by atoms with Crippen LogP contribution < -0.4 is 5.73 Å². The largest absolute Gasteiger partial charge is 0.464 e. The normalized spacial score (nSPS) is 15.6. The quantitative estimate of drug-likeness (QED) is 0.711. The van der Waals surface area contributed by atoms with Crippen LogP contribution in [0.4, 0.5) is 5.82 Å². The van der Waals surface area contributed by atoms with Gasteiger partial charge in [0.05, 0.1) is 7.11 Å². The summed E-state index contributed by atoms with van der Waals surface area (Å²) in [5.74, 6) is 0.640. The smallest absolute Gasteiger partial charge is 0.358 e. The molecule has 5 heteroatoms. The van der Waals surface area contributed by atoms with Crippen LogP contribution in [-0.4, -0.2) is 22.6 Å². The third-order valence-corrected chi connectivity index (χ3v) is 2.41. The van der Waals surface area contributed by atoms with Gasteiger partial charge in [0.15, 0.2) is 11.5 Å². The molecule has 14 heavy (non-hydrogen) atoms. The lowest BCUT2D eigenvalue weighted by atomic mass is 10.4. The number of methoxy groups -OCH3 is 1. The SMILES string of the molecule is COC(=O)c1c(N)nc(C)n1C1CC1. The van der Waals surface area contributed by atoms with Crippen LogP contribution in [0.25, 0.3) is 0 Å². The van der Waals surface area contributed by atoms with E-state index in [9.17, 15) is 4.79 Å². The molecule has 0 atom stereocenters. The summed E-state index contributed by atoms with van der Waals surface area (Å²) in [7, 11) is 1.35. The number of anilines is 1. The van der Waals surface area contributed by atoms with E-state index in [2.05, 4.69) is 9.72 Å². The zero-order valence-electron chi connectivity index (χ0n) is 8.28. The first-order valence-electron chi connectivity index (χ1n) is 4.57. The molecule has 1 aliphatic rings. The van der Waals surface area contributed by atoms with Gasteiger partial charge < -0.3 is 15.0 Å². The number of nitrogens with two attached hydrogens (primary N) is 1. The highest BCUT2D eigenvalue weighted by Gasteiger charge is 2.31. The lowest BCUT2D eigenvalue weighted by molar-refractivity contribution is 0.0589. The summed E-state index contributed by atoms with van der Waals surface area (Å²) >= 11 is 0. The first kappa shape index (κ1) is 9.05. The van der Waals surface area contributed by atoms with Gasteiger partial charge in [-0.05, 0) is 19.8 Å². The Kier molecular flexibility index (Phi) is 1.94. The molecule has 1 fully saturated rings. The fourth-order valence-electron chi connectivity index (χ4n) is 1.65. The third kappa shape index (κ3) is 1.25. The van der Waals surface area contributed by atoms with Crippen molar-refractivity contribution in [3.8, 4) is 0 Å². The summed E-state index contributed by atoms with van der Waals surface area (Å²) < 4.78 is 6.55. The average molecular weight is 195 g/mol. The molecule has 0 spiro atoms. The van der Waals surface area contributed by atoms with Crippen LogP contribution in [0.2, 0.25) is 0 Å². The van der Waals surface area contributed by atoms with E-state index in [-0.39, 0.29) is 5.82 Å². The molecular weight excluding hydrogens is 182 g/mol. The molecular formula is C9H13N3O2. The van der Waals surface area contributed by atoms with Gasteiger partial charge in [-0.1, -0.05) is 0 Å². The summed E-state index contributed by atoms with van der Waals surface area (Å²) in [4.78, 5) is 15.5. The van der Waals surface area contributed by atoms with Gasteiger partial charge in [0, 0.05) is 6.04 Å². The number of ether oxygens (including phenoxy) is 1. The van der Waals surface area contributed by atoms with Gasteiger partial charge in [0.25, 0.3) is 0 Å². The van der Waals surface area contributed by atoms with Crippen LogP contribution >= 0.6 is 0 Å². The number of imidazole rings is 1. The lowest BCUT2D eigenvalue weighted by Gasteiger charge is -2.06. The summed E-state index contributed by atoms with van der Waals surface area (Å²) in [6, 6.07) is 0.383. The summed E-state index contributed by atoms with van der Waals surface area (Å²) in [6.07, 6.45) is 2.17. The van der Waals surface area contributed by atoms with Gasteiger partial charge in [0.2, 0.25) is 0 Å². The number of esters is 1. The van der Waals surface area contributed by atoms with E-state index in [0.29, 0.717) is 11.7 Å². The Hall–Kier alpha value is -1.52. The predicted octanol–water partition coefficient (Wildman–Crippen LogP) is 0.895. The van der Waals surface area contributed by atoms with Crippen molar-refractivity contribution in [2.45, 2.75) is 25.8 Å². The minimum absolute atomic E-state index is 0.265. The predicted molar refractivity (Wildman–Crippen MR) is 51.0 cm³/mol. The molecule has 5 nitrogen and oxygen atoms in total. The molecule has 1 aromatic rings. The van der Waals surface area contributed by atoms with E-state index in [1.807, 2.05) is 11.5 Å². The lowest BCUT2D eigenvalue weighted by Crippen LogP contribution is -2.12. The van der Waals surface area contributed by atoms with E-state index in [0.717, 1.165) is 18.7 Å². The Morgan fingerprint density at radius 1 is 1.64 bits per heavy atom. The van der Waals surface area contributed by atoms with E-state index in [1.165, 1.54) is 7.11 Å². The molecule has 0 radical (unpaired) electrons. The number of nitrogen functional groups attached to an aromatic ring is 1. The molecule has 2 rings (SSSR count). The summed E-state index contributed by atoms with van der Waals surface area (Å²) in [6.45, 7) is 1.85. The van der Waals surface area contributed by atoms with Gasteiger partial charge in [0.1, 0.15) is 5.82 Å². The Bertz CT molecular complexity index is 380. The molecule has 1 aromatic heterocycles. The molecule has 76 valence electrons. The second kappa shape index (κ2) is 3.01. The molecule has 0 amide bonds. The molecule has 1 saturated carbocycles. The van der Waals surface area contributed by atoms with Crippen molar-refractivity contribution in [2.24, 2.45) is 0 Å². The van der Waals surface area contributed by atoms with Crippen LogP contribution in [-0.2, 0) is 4.74 Å². The van der Waals surface area contributed by atoms with Crippen molar-refractivity contribution in [3.05, 3.63) is 11.5 Å². The molecule has 0 bridgehead atoms. The molecule has 1 heterocycles.